The van der Waals surface area contributed by atoms with Crippen LogP contribution in [0.2, 0.25) is 0 Å². The van der Waals surface area contributed by atoms with Gasteiger partial charge in [0.15, 0.2) is 6.10 Å². The highest BCUT2D eigenvalue weighted by Crippen LogP contribution is 2.17. The van der Waals surface area contributed by atoms with E-state index in [1.54, 1.807) is 0 Å². The van der Waals surface area contributed by atoms with Crippen LogP contribution >= 0.6 is 0 Å². The van der Waals surface area contributed by atoms with Crippen LogP contribution in [0.5, 0.6) is 0 Å². The molecule has 0 aromatic carbocycles. The number of rotatable bonds is 46. The van der Waals surface area contributed by atoms with Gasteiger partial charge in [-0.15, -0.1) is 0 Å². The van der Waals surface area contributed by atoms with Gasteiger partial charge in [-0.25, -0.2) is 0 Å². The number of ether oxygens (including phenoxy) is 3. The Hall–Kier alpha value is -1.59. The smallest absolute Gasteiger partial charge is 0.306 e. The van der Waals surface area contributed by atoms with Crippen LogP contribution in [0.4, 0.5) is 0 Å². The molecule has 6 heteroatoms. The second-order valence-corrected chi connectivity index (χ2v) is 18.8. The van der Waals surface area contributed by atoms with E-state index in [0.29, 0.717) is 19.3 Å². The fourth-order valence-electron chi connectivity index (χ4n) is 7.81. The number of carbonyl (C=O) groups is 3. The van der Waals surface area contributed by atoms with Crippen molar-refractivity contribution in [2.75, 3.05) is 13.2 Å². The molecule has 344 valence electrons. The second kappa shape index (κ2) is 44.9. The van der Waals surface area contributed by atoms with Crippen molar-refractivity contribution in [1.29, 1.82) is 0 Å². The molecule has 6 nitrogen and oxygen atoms in total. The lowest BCUT2D eigenvalue weighted by atomic mass is 10.0. The molecular weight excluding hydrogens is 721 g/mol. The summed E-state index contributed by atoms with van der Waals surface area (Å²) >= 11 is 0. The predicted molar refractivity (Wildman–Crippen MR) is 247 cm³/mol. The third-order valence-electron chi connectivity index (χ3n) is 11.7. The number of unbranched alkanes of at least 4 members (excludes halogenated alkanes) is 31. The minimum absolute atomic E-state index is 0.0638. The average molecular weight is 821 g/mol. The zero-order chi connectivity index (χ0) is 42.6. The Kier molecular flexibility index (Phi) is 43.7. The van der Waals surface area contributed by atoms with Crippen LogP contribution in [0.1, 0.15) is 285 Å². The Balaban J connectivity index is 4.29. The maximum Gasteiger partial charge on any atom is 0.306 e. The molecule has 0 bridgehead atoms. The lowest BCUT2D eigenvalue weighted by Crippen LogP contribution is -2.30. The van der Waals surface area contributed by atoms with Crippen LogP contribution in [0, 0.1) is 11.8 Å². The monoisotopic (exact) mass is 821 g/mol. The Morgan fingerprint density at radius 1 is 0.328 bits per heavy atom. The highest BCUT2D eigenvalue weighted by molar-refractivity contribution is 5.71. The summed E-state index contributed by atoms with van der Waals surface area (Å²) in [5.74, 6) is 0.802. The summed E-state index contributed by atoms with van der Waals surface area (Å²) in [6, 6.07) is 0. The largest absolute Gasteiger partial charge is 0.462 e. The van der Waals surface area contributed by atoms with E-state index < -0.39 is 6.10 Å². The molecule has 0 rings (SSSR count). The third-order valence-corrected chi connectivity index (χ3v) is 11.7. The number of hydrogen-bond acceptors (Lipinski definition) is 6. The van der Waals surface area contributed by atoms with Crippen LogP contribution in [0.25, 0.3) is 0 Å². The molecule has 0 fully saturated rings. The van der Waals surface area contributed by atoms with E-state index in [4.69, 9.17) is 14.2 Å². The second-order valence-electron chi connectivity index (χ2n) is 18.8. The van der Waals surface area contributed by atoms with Crippen molar-refractivity contribution in [2.45, 2.75) is 291 Å². The summed E-state index contributed by atoms with van der Waals surface area (Å²) in [6.07, 6.45) is 45.2. The Bertz CT molecular complexity index is 885. The zero-order valence-corrected chi connectivity index (χ0v) is 39.7. The summed E-state index contributed by atoms with van der Waals surface area (Å²) in [6.45, 7) is 11.4. The molecule has 1 atom stereocenters. The third kappa shape index (κ3) is 45.5. The Morgan fingerprint density at radius 2 is 0.569 bits per heavy atom. The highest BCUT2D eigenvalue weighted by atomic mass is 16.6. The normalized spacial score (nSPS) is 12.1. The predicted octanol–water partition coefficient (Wildman–Crippen LogP) is 16.5. The lowest BCUT2D eigenvalue weighted by molar-refractivity contribution is -0.167. The summed E-state index contributed by atoms with van der Waals surface area (Å²) in [4.78, 5) is 37.9. The molecule has 0 saturated carbocycles. The quantitative estimate of drug-likeness (QED) is 0.0346. The van der Waals surface area contributed by atoms with E-state index >= 15 is 0 Å². The van der Waals surface area contributed by atoms with Crippen molar-refractivity contribution < 1.29 is 28.6 Å². The van der Waals surface area contributed by atoms with Crippen LogP contribution in [-0.2, 0) is 28.6 Å². The summed E-state index contributed by atoms with van der Waals surface area (Å²) in [5.41, 5.74) is 0. The van der Waals surface area contributed by atoms with Crippen LogP contribution in [-0.4, -0.2) is 37.2 Å². The van der Waals surface area contributed by atoms with Gasteiger partial charge in [-0.2, -0.15) is 0 Å². The molecule has 0 aliphatic carbocycles. The van der Waals surface area contributed by atoms with Gasteiger partial charge in [0.2, 0.25) is 0 Å². The van der Waals surface area contributed by atoms with Gasteiger partial charge in [0, 0.05) is 19.3 Å². The van der Waals surface area contributed by atoms with Gasteiger partial charge < -0.3 is 14.2 Å². The van der Waals surface area contributed by atoms with Crippen molar-refractivity contribution >= 4 is 17.9 Å². The van der Waals surface area contributed by atoms with Gasteiger partial charge in [-0.05, 0) is 31.1 Å². The van der Waals surface area contributed by atoms with Gasteiger partial charge in [0.05, 0.1) is 0 Å². The van der Waals surface area contributed by atoms with Gasteiger partial charge in [0.1, 0.15) is 13.2 Å². The fraction of sp³-hybridized carbons (Fsp3) is 0.942. The average Bonchev–Trinajstić information content (AvgIpc) is 3.19. The van der Waals surface area contributed by atoms with E-state index in [9.17, 15) is 14.4 Å². The van der Waals surface area contributed by atoms with Gasteiger partial charge in [0.25, 0.3) is 0 Å². The maximum absolute atomic E-state index is 12.8. The van der Waals surface area contributed by atoms with Crippen LogP contribution in [0.3, 0.4) is 0 Å². The van der Waals surface area contributed by atoms with E-state index in [1.807, 2.05) is 0 Å². The first-order chi connectivity index (χ1) is 28.2. The highest BCUT2D eigenvalue weighted by Gasteiger charge is 2.19. The van der Waals surface area contributed by atoms with E-state index in [0.717, 1.165) is 69.6 Å². The summed E-state index contributed by atoms with van der Waals surface area (Å²) in [7, 11) is 0. The van der Waals surface area contributed by atoms with Crippen molar-refractivity contribution in [2.24, 2.45) is 11.8 Å². The molecule has 0 saturated heterocycles. The topological polar surface area (TPSA) is 78.9 Å². The van der Waals surface area contributed by atoms with Gasteiger partial charge >= 0.3 is 17.9 Å². The van der Waals surface area contributed by atoms with Crippen molar-refractivity contribution in [3.8, 4) is 0 Å². The van der Waals surface area contributed by atoms with Gasteiger partial charge in [-0.1, -0.05) is 247 Å². The fourth-order valence-corrected chi connectivity index (χ4v) is 7.81. The summed E-state index contributed by atoms with van der Waals surface area (Å²) in [5, 5.41) is 0. The molecule has 0 spiro atoms. The lowest BCUT2D eigenvalue weighted by Gasteiger charge is -2.18. The zero-order valence-electron chi connectivity index (χ0n) is 39.7. The molecule has 0 unspecified atom stereocenters. The first-order valence-corrected chi connectivity index (χ1v) is 25.7. The molecule has 0 heterocycles. The van der Waals surface area contributed by atoms with Crippen molar-refractivity contribution in [1.82, 2.24) is 0 Å². The molecule has 0 amide bonds. The molecule has 0 aliphatic rings. The first-order valence-electron chi connectivity index (χ1n) is 25.7. The Morgan fingerprint density at radius 3 is 0.845 bits per heavy atom. The molecular formula is C52H100O6. The first kappa shape index (κ1) is 56.4. The number of carbonyl (C=O) groups excluding carboxylic acids is 3. The van der Waals surface area contributed by atoms with Crippen LogP contribution in [0.15, 0.2) is 0 Å². The summed E-state index contributed by atoms with van der Waals surface area (Å²) < 4.78 is 16.8. The van der Waals surface area contributed by atoms with Crippen molar-refractivity contribution in [3.63, 3.8) is 0 Å². The molecule has 58 heavy (non-hydrogen) atoms. The standard InChI is InChI=1S/C52H100O6/c1-6-7-8-9-10-11-16-22-27-32-37-42-50(53)56-45-49(46-57-51(54)43-38-33-28-24-19-21-26-31-36-41-48(4)5)58-52(55)44-39-34-29-23-18-15-13-12-14-17-20-25-30-35-40-47(2)3/h47-49H,6-46H2,1-5H3/t49-/m0/s1. The van der Waals surface area contributed by atoms with Crippen molar-refractivity contribution in [3.05, 3.63) is 0 Å². The van der Waals surface area contributed by atoms with Gasteiger partial charge in [-0.3, -0.25) is 14.4 Å². The minimum atomic E-state index is -0.761. The number of esters is 3. The Labute approximate surface area is 361 Å². The SMILES string of the molecule is CCCCCCCCCCCCCC(=O)OC[C@@H](COC(=O)CCCCCCCCCCCC(C)C)OC(=O)CCCCCCCCCCCCCCCCC(C)C. The maximum atomic E-state index is 12.8. The van der Waals surface area contributed by atoms with E-state index in [2.05, 4.69) is 34.6 Å². The van der Waals surface area contributed by atoms with Crippen LogP contribution < -0.4 is 0 Å². The van der Waals surface area contributed by atoms with E-state index in [1.165, 1.54) is 173 Å². The molecule has 0 radical (unpaired) electrons. The molecule has 0 N–H and O–H groups in total. The molecule has 0 aliphatic heterocycles. The molecule has 0 aromatic heterocycles. The van der Waals surface area contributed by atoms with E-state index in [-0.39, 0.29) is 31.1 Å². The molecule has 0 aromatic rings. The number of hydrogen-bond donors (Lipinski definition) is 0. The minimum Gasteiger partial charge on any atom is -0.462 e.